The van der Waals surface area contributed by atoms with Gasteiger partial charge < -0.3 is 15.4 Å². The van der Waals surface area contributed by atoms with Crippen molar-refractivity contribution in [1.82, 2.24) is 14.8 Å². The molecule has 0 fully saturated rings. The standard InChI is InChI=1S/C19H16ClN5O3/c20-13-2-5-17(25-11-21-10-22-25)16(8-13)24-19(27)9-28-14-3-4-15-12(7-14)1-6-18(26)23-15/h2-5,7-8,10-11H,1,6,9H2,(H,23,26)(H,24,27). The van der Waals surface area contributed by atoms with Crippen LogP contribution in [0.2, 0.25) is 5.02 Å². The molecule has 142 valence electrons. The third-order valence-corrected chi connectivity index (χ3v) is 4.48. The molecule has 0 saturated carbocycles. The van der Waals surface area contributed by atoms with Gasteiger partial charge in [0.1, 0.15) is 18.4 Å². The van der Waals surface area contributed by atoms with Crippen molar-refractivity contribution < 1.29 is 14.3 Å². The van der Waals surface area contributed by atoms with Gasteiger partial charge in [0.2, 0.25) is 5.91 Å². The molecule has 0 bridgehead atoms. The van der Waals surface area contributed by atoms with E-state index in [1.165, 1.54) is 17.3 Å². The summed E-state index contributed by atoms with van der Waals surface area (Å²) in [5, 5.41) is 10.2. The summed E-state index contributed by atoms with van der Waals surface area (Å²) in [6, 6.07) is 10.4. The van der Waals surface area contributed by atoms with Crippen LogP contribution in [0.1, 0.15) is 12.0 Å². The molecule has 2 aromatic carbocycles. The number of aromatic nitrogens is 3. The van der Waals surface area contributed by atoms with E-state index < -0.39 is 0 Å². The van der Waals surface area contributed by atoms with Crippen LogP contribution in [-0.2, 0) is 16.0 Å². The van der Waals surface area contributed by atoms with E-state index in [9.17, 15) is 9.59 Å². The molecule has 3 aromatic rings. The summed E-state index contributed by atoms with van der Waals surface area (Å²) in [6.07, 6.45) is 4.02. The van der Waals surface area contributed by atoms with Gasteiger partial charge in [0.15, 0.2) is 6.61 Å². The fourth-order valence-corrected chi connectivity index (χ4v) is 3.10. The number of amides is 2. The molecule has 1 aromatic heterocycles. The highest BCUT2D eigenvalue weighted by Crippen LogP contribution is 2.27. The van der Waals surface area contributed by atoms with Gasteiger partial charge in [-0.2, -0.15) is 5.10 Å². The molecule has 28 heavy (non-hydrogen) atoms. The molecular weight excluding hydrogens is 382 g/mol. The molecule has 4 rings (SSSR count). The smallest absolute Gasteiger partial charge is 0.262 e. The van der Waals surface area contributed by atoms with Crippen molar-refractivity contribution in [2.45, 2.75) is 12.8 Å². The molecule has 2 N–H and O–H groups in total. The third-order valence-electron chi connectivity index (χ3n) is 4.24. The van der Waals surface area contributed by atoms with Crippen LogP contribution >= 0.6 is 11.6 Å². The predicted octanol–water partition coefficient (Wildman–Crippen LogP) is 2.82. The molecule has 1 aliphatic rings. The van der Waals surface area contributed by atoms with Crippen molar-refractivity contribution >= 4 is 34.8 Å². The van der Waals surface area contributed by atoms with E-state index in [2.05, 4.69) is 20.7 Å². The Morgan fingerprint density at radius 2 is 2.14 bits per heavy atom. The van der Waals surface area contributed by atoms with Crippen LogP contribution < -0.4 is 15.4 Å². The topological polar surface area (TPSA) is 98.1 Å². The number of benzene rings is 2. The molecule has 0 atom stereocenters. The molecular formula is C19H16ClN5O3. The highest BCUT2D eigenvalue weighted by atomic mass is 35.5. The lowest BCUT2D eigenvalue weighted by Crippen LogP contribution is -2.22. The molecule has 0 saturated heterocycles. The van der Waals surface area contributed by atoms with Gasteiger partial charge in [-0.15, -0.1) is 0 Å². The Bertz CT molecular complexity index is 1040. The first-order valence-corrected chi connectivity index (χ1v) is 8.96. The molecule has 0 aliphatic carbocycles. The van der Waals surface area contributed by atoms with Crippen molar-refractivity contribution in [2.24, 2.45) is 0 Å². The molecule has 0 spiro atoms. The number of hydrogen-bond donors (Lipinski definition) is 2. The van der Waals surface area contributed by atoms with E-state index in [-0.39, 0.29) is 18.4 Å². The summed E-state index contributed by atoms with van der Waals surface area (Å²) in [7, 11) is 0. The Balaban J connectivity index is 1.43. The van der Waals surface area contributed by atoms with Gasteiger partial charge in [-0.3, -0.25) is 9.59 Å². The maximum atomic E-state index is 12.4. The van der Waals surface area contributed by atoms with E-state index in [4.69, 9.17) is 16.3 Å². The van der Waals surface area contributed by atoms with Gasteiger partial charge >= 0.3 is 0 Å². The average Bonchev–Trinajstić information content (AvgIpc) is 3.21. The normalized spacial score (nSPS) is 12.8. The first-order chi connectivity index (χ1) is 13.6. The van der Waals surface area contributed by atoms with Crippen molar-refractivity contribution in [3.8, 4) is 11.4 Å². The Hall–Kier alpha value is -3.39. The second-order valence-electron chi connectivity index (χ2n) is 6.21. The highest BCUT2D eigenvalue weighted by Gasteiger charge is 2.16. The van der Waals surface area contributed by atoms with Crippen LogP contribution in [0, 0.1) is 0 Å². The Morgan fingerprint density at radius 3 is 2.96 bits per heavy atom. The monoisotopic (exact) mass is 397 g/mol. The maximum absolute atomic E-state index is 12.4. The molecule has 1 aliphatic heterocycles. The minimum atomic E-state index is -0.338. The summed E-state index contributed by atoms with van der Waals surface area (Å²) in [6.45, 7) is -0.172. The number of carbonyl (C=O) groups excluding carboxylic acids is 2. The molecule has 0 radical (unpaired) electrons. The summed E-state index contributed by atoms with van der Waals surface area (Å²) in [4.78, 5) is 27.7. The molecule has 8 nitrogen and oxygen atoms in total. The summed E-state index contributed by atoms with van der Waals surface area (Å²) in [5.74, 6) is 0.229. The lowest BCUT2D eigenvalue weighted by Gasteiger charge is -2.17. The van der Waals surface area contributed by atoms with Crippen LogP contribution in [0.4, 0.5) is 11.4 Å². The number of fused-ring (bicyclic) bond motifs is 1. The molecule has 9 heteroatoms. The highest BCUT2D eigenvalue weighted by molar-refractivity contribution is 6.31. The first kappa shape index (κ1) is 18.0. The quantitative estimate of drug-likeness (QED) is 0.689. The zero-order valence-corrected chi connectivity index (χ0v) is 15.4. The lowest BCUT2D eigenvalue weighted by molar-refractivity contribution is -0.118. The third kappa shape index (κ3) is 3.96. The SMILES string of the molecule is O=C1CCc2cc(OCC(=O)Nc3cc(Cl)ccc3-n3cncn3)ccc2N1. The van der Waals surface area contributed by atoms with Crippen LogP contribution in [0.15, 0.2) is 49.1 Å². The first-order valence-electron chi connectivity index (χ1n) is 8.58. The number of nitrogens with zero attached hydrogens (tertiary/aromatic N) is 3. The number of hydrogen-bond acceptors (Lipinski definition) is 5. The lowest BCUT2D eigenvalue weighted by atomic mass is 10.0. The number of rotatable bonds is 5. The minimum absolute atomic E-state index is 0.00486. The van der Waals surface area contributed by atoms with E-state index in [0.29, 0.717) is 35.0 Å². The molecule has 0 unspecified atom stereocenters. The Labute approximate surface area is 165 Å². The Morgan fingerprint density at radius 1 is 1.25 bits per heavy atom. The number of nitrogens with one attached hydrogen (secondary N) is 2. The van der Waals surface area contributed by atoms with Crippen molar-refractivity contribution in [3.05, 3.63) is 59.6 Å². The van der Waals surface area contributed by atoms with Gasteiger partial charge in [-0.1, -0.05) is 11.6 Å². The van der Waals surface area contributed by atoms with Crippen LogP contribution in [-0.4, -0.2) is 33.2 Å². The predicted molar refractivity (Wildman–Crippen MR) is 104 cm³/mol. The fourth-order valence-electron chi connectivity index (χ4n) is 2.93. The summed E-state index contributed by atoms with van der Waals surface area (Å²) in [5.41, 5.74) is 2.91. The van der Waals surface area contributed by atoms with Gasteiger partial charge in [0.25, 0.3) is 5.91 Å². The summed E-state index contributed by atoms with van der Waals surface area (Å²) >= 11 is 6.05. The van der Waals surface area contributed by atoms with Gasteiger partial charge in [-0.05, 0) is 48.4 Å². The number of ether oxygens (including phenoxy) is 1. The second kappa shape index (κ2) is 7.69. The van der Waals surface area contributed by atoms with E-state index >= 15 is 0 Å². The van der Waals surface area contributed by atoms with Crippen LogP contribution in [0.5, 0.6) is 5.75 Å². The number of halogens is 1. The van der Waals surface area contributed by atoms with Crippen molar-refractivity contribution in [3.63, 3.8) is 0 Å². The molecule has 2 amide bonds. The van der Waals surface area contributed by atoms with Crippen molar-refractivity contribution in [2.75, 3.05) is 17.2 Å². The van der Waals surface area contributed by atoms with Crippen molar-refractivity contribution in [1.29, 1.82) is 0 Å². The summed E-state index contributed by atoms with van der Waals surface area (Å²) < 4.78 is 7.13. The zero-order valence-electron chi connectivity index (χ0n) is 14.7. The number of carbonyl (C=O) groups is 2. The van der Waals surface area contributed by atoms with Gasteiger partial charge in [0.05, 0.1) is 11.4 Å². The fraction of sp³-hybridized carbons (Fsp3) is 0.158. The van der Waals surface area contributed by atoms with E-state index in [1.807, 2.05) is 6.07 Å². The molecule has 2 heterocycles. The number of aryl methyl sites for hydroxylation is 1. The maximum Gasteiger partial charge on any atom is 0.262 e. The van der Waals surface area contributed by atoms with E-state index in [0.717, 1.165) is 11.3 Å². The van der Waals surface area contributed by atoms with Crippen LogP contribution in [0.3, 0.4) is 0 Å². The van der Waals surface area contributed by atoms with Gasteiger partial charge in [0, 0.05) is 17.1 Å². The minimum Gasteiger partial charge on any atom is -0.484 e. The largest absolute Gasteiger partial charge is 0.484 e. The van der Waals surface area contributed by atoms with Gasteiger partial charge in [-0.25, -0.2) is 9.67 Å². The second-order valence-corrected chi connectivity index (χ2v) is 6.64. The Kier molecular flexibility index (Phi) is 4.94. The van der Waals surface area contributed by atoms with E-state index in [1.54, 1.807) is 30.3 Å². The van der Waals surface area contributed by atoms with Crippen LogP contribution in [0.25, 0.3) is 5.69 Å². The average molecular weight is 398 g/mol. The number of anilines is 2. The zero-order chi connectivity index (χ0) is 19.5.